The zero-order valence-corrected chi connectivity index (χ0v) is 12.9. The SMILES string of the molecule is CC(C)C1CN(C(=O)Nc2cccn(C)c2=O)CCS1. The van der Waals surface area contributed by atoms with E-state index in [4.69, 9.17) is 0 Å². The van der Waals surface area contributed by atoms with Gasteiger partial charge in [-0.2, -0.15) is 11.8 Å². The van der Waals surface area contributed by atoms with Crippen molar-refractivity contribution >= 4 is 23.5 Å². The van der Waals surface area contributed by atoms with Gasteiger partial charge in [0.1, 0.15) is 5.69 Å². The van der Waals surface area contributed by atoms with Crippen LogP contribution in [-0.2, 0) is 7.05 Å². The molecule has 2 rings (SSSR count). The minimum Gasteiger partial charge on any atom is -0.323 e. The van der Waals surface area contributed by atoms with E-state index in [-0.39, 0.29) is 11.6 Å². The number of amides is 2. The Balaban J connectivity index is 2.05. The molecule has 1 unspecified atom stereocenters. The Hall–Kier alpha value is -1.43. The number of thioether (sulfide) groups is 1. The van der Waals surface area contributed by atoms with Crippen LogP contribution in [0.25, 0.3) is 0 Å². The number of pyridine rings is 1. The van der Waals surface area contributed by atoms with Gasteiger partial charge in [0.05, 0.1) is 0 Å². The summed E-state index contributed by atoms with van der Waals surface area (Å²) in [5, 5.41) is 3.19. The maximum absolute atomic E-state index is 12.3. The number of nitrogens with zero attached hydrogens (tertiary/aromatic N) is 2. The molecule has 1 aliphatic heterocycles. The minimum atomic E-state index is -0.187. The molecule has 110 valence electrons. The Morgan fingerprint density at radius 2 is 2.25 bits per heavy atom. The van der Waals surface area contributed by atoms with E-state index >= 15 is 0 Å². The van der Waals surface area contributed by atoms with Crippen molar-refractivity contribution in [3.63, 3.8) is 0 Å². The van der Waals surface area contributed by atoms with Crippen LogP contribution in [0.5, 0.6) is 0 Å². The van der Waals surface area contributed by atoms with Crippen LogP contribution in [-0.4, -0.2) is 39.6 Å². The quantitative estimate of drug-likeness (QED) is 0.908. The molecule has 1 N–H and O–H groups in total. The van der Waals surface area contributed by atoms with E-state index in [1.165, 1.54) is 4.57 Å². The average molecular weight is 295 g/mol. The Morgan fingerprint density at radius 3 is 2.95 bits per heavy atom. The summed E-state index contributed by atoms with van der Waals surface area (Å²) in [5.74, 6) is 1.49. The van der Waals surface area contributed by atoms with Gasteiger partial charge in [0.25, 0.3) is 5.56 Å². The summed E-state index contributed by atoms with van der Waals surface area (Å²) in [6.07, 6.45) is 1.67. The monoisotopic (exact) mass is 295 g/mol. The fourth-order valence-electron chi connectivity index (χ4n) is 2.15. The van der Waals surface area contributed by atoms with Crippen LogP contribution in [0.3, 0.4) is 0 Å². The van der Waals surface area contributed by atoms with Crippen LogP contribution in [0.4, 0.5) is 10.5 Å². The molecule has 0 saturated carbocycles. The summed E-state index contributed by atoms with van der Waals surface area (Å²) < 4.78 is 1.46. The van der Waals surface area contributed by atoms with E-state index in [0.717, 1.165) is 18.8 Å². The van der Waals surface area contributed by atoms with Gasteiger partial charge in [0, 0.05) is 37.3 Å². The van der Waals surface area contributed by atoms with Gasteiger partial charge < -0.3 is 14.8 Å². The molecule has 20 heavy (non-hydrogen) atoms. The number of rotatable bonds is 2. The fourth-order valence-corrected chi connectivity index (χ4v) is 3.45. The number of nitrogens with one attached hydrogen (secondary N) is 1. The first kappa shape index (κ1) is 15.0. The van der Waals surface area contributed by atoms with E-state index in [9.17, 15) is 9.59 Å². The number of aryl methyl sites for hydroxylation is 1. The smallest absolute Gasteiger partial charge is 0.322 e. The van der Waals surface area contributed by atoms with Gasteiger partial charge in [-0.05, 0) is 18.1 Å². The van der Waals surface area contributed by atoms with Crippen molar-refractivity contribution < 1.29 is 4.79 Å². The second kappa shape index (κ2) is 6.35. The summed E-state index contributed by atoms with van der Waals surface area (Å²) in [6, 6.07) is 3.21. The topological polar surface area (TPSA) is 54.3 Å². The Labute approximate surface area is 123 Å². The van der Waals surface area contributed by atoms with Crippen molar-refractivity contribution in [3.05, 3.63) is 28.7 Å². The molecule has 6 heteroatoms. The van der Waals surface area contributed by atoms with Gasteiger partial charge in [-0.1, -0.05) is 13.8 Å². The van der Waals surface area contributed by atoms with Crippen molar-refractivity contribution in [1.29, 1.82) is 0 Å². The fraction of sp³-hybridized carbons (Fsp3) is 0.571. The van der Waals surface area contributed by atoms with Gasteiger partial charge in [-0.3, -0.25) is 4.79 Å². The van der Waals surface area contributed by atoms with Gasteiger partial charge in [-0.15, -0.1) is 0 Å². The number of anilines is 1. The van der Waals surface area contributed by atoms with Crippen LogP contribution in [0.1, 0.15) is 13.8 Å². The standard InChI is InChI=1S/C14H21N3O2S/c1-10(2)12-9-17(7-8-20-12)14(19)15-11-5-4-6-16(3)13(11)18/h4-6,10,12H,7-9H2,1-3H3,(H,15,19). The van der Waals surface area contributed by atoms with Crippen molar-refractivity contribution in [2.75, 3.05) is 24.2 Å². The van der Waals surface area contributed by atoms with Gasteiger partial charge in [-0.25, -0.2) is 4.79 Å². The summed E-state index contributed by atoms with van der Waals surface area (Å²) in [6.45, 7) is 5.81. The maximum atomic E-state index is 12.3. The molecule has 1 saturated heterocycles. The molecule has 0 aromatic carbocycles. The van der Waals surface area contributed by atoms with Crippen LogP contribution in [0.2, 0.25) is 0 Å². The first-order valence-corrected chi connectivity index (χ1v) is 7.87. The van der Waals surface area contributed by atoms with Crippen molar-refractivity contribution in [2.45, 2.75) is 19.1 Å². The van der Waals surface area contributed by atoms with E-state index in [0.29, 0.717) is 16.9 Å². The lowest BCUT2D eigenvalue weighted by Gasteiger charge is -2.34. The number of hydrogen-bond donors (Lipinski definition) is 1. The molecule has 5 nitrogen and oxygen atoms in total. The van der Waals surface area contributed by atoms with Crippen LogP contribution >= 0.6 is 11.8 Å². The van der Waals surface area contributed by atoms with Gasteiger partial charge in [0.15, 0.2) is 0 Å². The third-order valence-corrected chi connectivity index (χ3v) is 5.03. The summed E-state index contributed by atoms with van der Waals surface area (Å²) in [7, 11) is 1.67. The second-order valence-electron chi connectivity index (χ2n) is 5.37. The number of aromatic nitrogens is 1. The summed E-state index contributed by atoms with van der Waals surface area (Å²) in [5.41, 5.74) is 0.145. The Kier molecular flexibility index (Phi) is 4.75. The molecule has 1 aromatic rings. The summed E-state index contributed by atoms with van der Waals surface area (Å²) in [4.78, 5) is 25.9. The number of urea groups is 1. The minimum absolute atomic E-state index is 0.181. The van der Waals surface area contributed by atoms with Crippen molar-refractivity contribution in [2.24, 2.45) is 13.0 Å². The third kappa shape index (κ3) is 3.36. The Bertz CT molecular complexity index is 541. The number of hydrogen-bond acceptors (Lipinski definition) is 3. The molecular formula is C14H21N3O2S. The molecule has 0 radical (unpaired) electrons. The van der Waals surface area contributed by atoms with E-state index < -0.39 is 0 Å². The predicted octanol–water partition coefficient (Wildman–Crippen LogP) is 1.99. The first-order valence-electron chi connectivity index (χ1n) is 6.82. The molecule has 2 amide bonds. The predicted molar refractivity (Wildman–Crippen MR) is 83.4 cm³/mol. The molecule has 0 bridgehead atoms. The number of carbonyl (C=O) groups is 1. The van der Waals surface area contributed by atoms with Gasteiger partial charge >= 0.3 is 6.03 Å². The second-order valence-corrected chi connectivity index (χ2v) is 6.71. The third-order valence-electron chi connectivity index (χ3n) is 3.49. The van der Waals surface area contributed by atoms with E-state index in [1.54, 1.807) is 30.3 Å². The molecule has 1 fully saturated rings. The molecule has 0 aliphatic carbocycles. The lowest BCUT2D eigenvalue weighted by Crippen LogP contribution is -2.46. The Morgan fingerprint density at radius 1 is 1.50 bits per heavy atom. The highest BCUT2D eigenvalue weighted by molar-refractivity contribution is 8.00. The summed E-state index contributed by atoms with van der Waals surface area (Å²) >= 11 is 1.92. The van der Waals surface area contributed by atoms with Crippen LogP contribution < -0.4 is 10.9 Å². The van der Waals surface area contributed by atoms with Gasteiger partial charge in [0.2, 0.25) is 0 Å². The highest BCUT2D eigenvalue weighted by atomic mass is 32.2. The first-order chi connectivity index (χ1) is 9.49. The van der Waals surface area contributed by atoms with Crippen LogP contribution in [0.15, 0.2) is 23.1 Å². The van der Waals surface area contributed by atoms with Crippen LogP contribution in [0, 0.1) is 5.92 Å². The lowest BCUT2D eigenvalue weighted by molar-refractivity contribution is 0.211. The molecule has 1 aliphatic rings. The lowest BCUT2D eigenvalue weighted by atomic mass is 10.1. The maximum Gasteiger partial charge on any atom is 0.322 e. The van der Waals surface area contributed by atoms with E-state index in [2.05, 4.69) is 19.2 Å². The molecule has 1 aromatic heterocycles. The molecular weight excluding hydrogens is 274 g/mol. The molecule has 2 heterocycles. The van der Waals surface area contributed by atoms with Crippen molar-refractivity contribution in [1.82, 2.24) is 9.47 Å². The number of carbonyl (C=O) groups excluding carboxylic acids is 1. The average Bonchev–Trinajstić information content (AvgIpc) is 2.44. The zero-order chi connectivity index (χ0) is 14.7. The van der Waals surface area contributed by atoms with Crippen molar-refractivity contribution in [3.8, 4) is 0 Å². The normalized spacial score (nSPS) is 19.2. The van der Waals surface area contributed by atoms with E-state index in [1.807, 2.05) is 11.8 Å². The largest absolute Gasteiger partial charge is 0.323 e. The molecule has 1 atom stereocenters. The molecule has 0 spiro atoms. The zero-order valence-electron chi connectivity index (χ0n) is 12.1. The highest BCUT2D eigenvalue weighted by Gasteiger charge is 2.26. The highest BCUT2D eigenvalue weighted by Crippen LogP contribution is 2.25.